The Morgan fingerprint density at radius 3 is 2.41 bits per heavy atom. The van der Waals surface area contributed by atoms with Crippen molar-refractivity contribution in [3.05, 3.63) is 119 Å². The van der Waals surface area contributed by atoms with Crippen LogP contribution in [0.2, 0.25) is 0 Å². The van der Waals surface area contributed by atoms with E-state index < -0.39 is 0 Å². The first-order valence-electron chi connectivity index (χ1n) is 12.2. The number of rotatable bonds is 9. The monoisotopic (exact) mass is 491 g/mol. The van der Waals surface area contributed by atoms with E-state index in [0.29, 0.717) is 30.8 Å². The summed E-state index contributed by atoms with van der Waals surface area (Å²) in [7, 11) is 1.64. The lowest BCUT2D eigenvalue weighted by Gasteiger charge is -2.10. The minimum absolute atomic E-state index is 0.190. The summed E-state index contributed by atoms with van der Waals surface area (Å²) in [4.78, 5) is 18.2. The van der Waals surface area contributed by atoms with Gasteiger partial charge in [0.25, 0.3) is 5.91 Å². The molecule has 7 nitrogen and oxygen atoms in total. The molecule has 5 rings (SSSR count). The fourth-order valence-electron chi connectivity index (χ4n) is 4.29. The van der Waals surface area contributed by atoms with Crippen molar-refractivity contribution in [3.63, 3.8) is 0 Å². The van der Waals surface area contributed by atoms with Crippen molar-refractivity contribution in [2.45, 2.75) is 19.6 Å². The Bertz CT molecular complexity index is 1510. The van der Waals surface area contributed by atoms with Gasteiger partial charge in [-0.25, -0.2) is 4.98 Å². The minimum Gasteiger partial charge on any atom is -0.497 e. The number of amides is 1. The molecule has 0 saturated carbocycles. The Labute approximate surface area is 215 Å². The quantitative estimate of drug-likeness (QED) is 0.269. The third-order valence-corrected chi connectivity index (χ3v) is 6.24. The van der Waals surface area contributed by atoms with E-state index in [-0.39, 0.29) is 5.91 Å². The lowest BCUT2D eigenvalue weighted by Crippen LogP contribution is -2.23. The molecule has 0 aliphatic rings. The van der Waals surface area contributed by atoms with Crippen molar-refractivity contribution >= 4 is 17.4 Å². The molecule has 186 valence electrons. The van der Waals surface area contributed by atoms with Gasteiger partial charge in [-0.05, 0) is 53.1 Å². The van der Waals surface area contributed by atoms with Crippen molar-refractivity contribution in [2.24, 2.45) is 5.73 Å². The molecule has 37 heavy (non-hydrogen) atoms. The largest absolute Gasteiger partial charge is 0.497 e. The third-order valence-electron chi connectivity index (χ3n) is 6.24. The zero-order valence-electron chi connectivity index (χ0n) is 20.6. The van der Waals surface area contributed by atoms with Crippen LogP contribution < -0.4 is 21.1 Å². The Morgan fingerprint density at radius 1 is 0.892 bits per heavy atom. The van der Waals surface area contributed by atoms with Gasteiger partial charge in [-0.1, -0.05) is 54.6 Å². The molecule has 0 aliphatic carbocycles. The van der Waals surface area contributed by atoms with Gasteiger partial charge in [-0.2, -0.15) is 0 Å². The number of fused-ring (bicyclic) bond motifs is 1. The third kappa shape index (κ3) is 5.32. The van der Waals surface area contributed by atoms with Crippen LogP contribution in [0.15, 0.2) is 97.2 Å². The minimum atomic E-state index is -0.190. The fourth-order valence-corrected chi connectivity index (χ4v) is 4.29. The molecule has 0 bridgehead atoms. The molecular formula is C30H29N5O2. The van der Waals surface area contributed by atoms with Crippen LogP contribution in [0.3, 0.4) is 0 Å². The zero-order chi connectivity index (χ0) is 25.6. The van der Waals surface area contributed by atoms with Gasteiger partial charge in [0.1, 0.15) is 17.3 Å². The number of pyridine rings is 1. The van der Waals surface area contributed by atoms with Gasteiger partial charge in [-0.15, -0.1) is 0 Å². The van der Waals surface area contributed by atoms with Gasteiger partial charge in [0.2, 0.25) is 0 Å². The molecule has 0 spiro atoms. The van der Waals surface area contributed by atoms with Crippen LogP contribution in [-0.2, 0) is 19.6 Å². The summed E-state index contributed by atoms with van der Waals surface area (Å²) in [5, 5.41) is 6.57. The molecule has 0 unspecified atom stereocenters. The number of carbonyl (C=O) groups excluding carboxylic acids is 1. The van der Waals surface area contributed by atoms with E-state index in [4.69, 9.17) is 15.5 Å². The molecule has 3 aromatic carbocycles. The molecule has 0 atom stereocenters. The molecular weight excluding hydrogens is 462 g/mol. The number of hydrogen-bond donors (Lipinski definition) is 3. The molecule has 0 fully saturated rings. The Morgan fingerprint density at radius 2 is 1.65 bits per heavy atom. The smallest absolute Gasteiger partial charge is 0.255 e. The van der Waals surface area contributed by atoms with Gasteiger partial charge < -0.3 is 21.1 Å². The van der Waals surface area contributed by atoms with Crippen molar-refractivity contribution in [1.82, 2.24) is 14.7 Å². The lowest BCUT2D eigenvalue weighted by atomic mass is 10.1. The number of carbonyl (C=O) groups is 1. The topological polar surface area (TPSA) is 93.7 Å². The summed E-state index contributed by atoms with van der Waals surface area (Å²) in [5.41, 5.74) is 11.7. The number of ether oxygens (including phenoxy) is 1. The molecule has 0 radical (unpaired) electrons. The standard InChI is InChI=1S/C30H29N5O2/c1-37-25-14-12-24(13-15-25)27-29(32-19-21-7-3-2-4-8-21)35-16-6-11-26(28(35)34-27)30(36)33-20-23-10-5-9-22(17-23)18-31/h2-17,32H,18-20,31H2,1H3,(H,33,36). The Balaban J connectivity index is 1.49. The van der Waals surface area contributed by atoms with Gasteiger partial charge in [0.05, 0.1) is 12.7 Å². The Hall–Kier alpha value is -4.62. The molecule has 4 N–H and O–H groups in total. The normalized spacial score (nSPS) is 10.9. The zero-order valence-corrected chi connectivity index (χ0v) is 20.6. The molecule has 2 heterocycles. The van der Waals surface area contributed by atoms with Crippen molar-refractivity contribution in [3.8, 4) is 17.0 Å². The maximum absolute atomic E-state index is 13.3. The number of nitrogens with two attached hydrogens (primary N) is 1. The number of hydrogen-bond acceptors (Lipinski definition) is 5. The highest BCUT2D eigenvalue weighted by atomic mass is 16.5. The number of methoxy groups -OCH3 is 1. The SMILES string of the molecule is COc1ccc(-c2nc3c(C(=O)NCc4cccc(CN)c4)cccn3c2NCc2ccccc2)cc1. The van der Waals surface area contributed by atoms with Gasteiger partial charge >= 0.3 is 0 Å². The second kappa shape index (κ2) is 11.0. The number of benzene rings is 3. The van der Waals surface area contributed by atoms with E-state index in [1.807, 2.05) is 83.4 Å². The van der Waals surface area contributed by atoms with Crippen LogP contribution in [-0.4, -0.2) is 22.4 Å². The number of nitrogens with one attached hydrogen (secondary N) is 2. The van der Waals surface area contributed by atoms with E-state index in [0.717, 1.165) is 39.5 Å². The second-order valence-corrected chi connectivity index (χ2v) is 8.70. The molecule has 0 saturated heterocycles. The van der Waals surface area contributed by atoms with Crippen LogP contribution in [0, 0.1) is 0 Å². The van der Waals surface area contributed by atoms with Gasteiger partial charge in [0, 0.05) is 31.4 Å². The van der Waals surface area contributed by atoms with Crippen LogP contribution in [0.25, 0.3) is 16.9 Å². The average Bonchev–Trinajstić information content (AvgIpc) is 3.34. The van der Waals surface area contributed by atoms with Crippen LogP contribution >= 0.6 is 0 Å². The summed E-state index contributed by atoms with van der Waals surface area (Å²) in [6.45, 7) is 1.48. The molecule has 0 aliphatic heterocycles. The predicted molar refractivity (Wildman–Crippen MR) is 146 cm³/mol. The predicted octanol–water partition coefficient (Wildman–Crippen LogP) is 5.01. The fraction of sp³-hybridized carbons (Fsp3) is 0.133. The first-order valence-corrected chi connectivity index (χ1v) is 12.2. The van der Waals surface area contributed by atoms with E-state index in [2.05, 4.69) is 22.8 Å². The summed E-state index contributed by atoms with van der Waals surface area (Å²) in [6.07, 6.45) is 1.92. The van der Waals surface area contributed by atoms with Crippen molar-refractivity contribution in [1.29, 1.82) is 0 Å². The summed E-state index contributed by atoms with van der Waals surface area (Å²) >= 11 is 0. The summed E-state index contributed by atoms with van der Waals surface area (Å²) in [6, 6.07) is 29.5. The second-order valence-electron chi connectivity index (χ2n) is 8.70. The summed E-state index contributed by atoms with van der Waals surface area (Å²) < 4.78 is 7.26. The first kappa shape index (κ1) is 24.1. The van der Waals surface area contributed by atoms with Gasteiger partial charge in [-0.3, -0.25) is 9.20 Å². The Kier molecular flexibility index (Phi) is 7.14. The first-order chi connectivity index (χ1) is 18.2. The number of imidazole rings is 1. The van der Waals surface area contributed by atoms with Crippen LogP contribution in [0.1, 0.15) is 27.0 Å². The molecule has 5 aromatic rings. The van der Waals surface area contributed by atoms with E-state index >= 15 is 0 Å². The van der Waals surface area contributed by atoms with E-state index in [1.54, 1.807) is 13.2 Å². The number of anilines is 1. The average molecular weight is 492 g/mol. The van der Waals surface area contributed by atoms with E-state index in [1.165, 1.54) is 0 Å². The number of nitrogens with zero attached hydrogens (tertiary/aromatic N) is 2. The summed E-state index contributed by atoms with van der Waals surface area (Å²) in [5.74, 6) is 1.39. The lowest BCUT2D eigenvalue weighted by molar-refractivity contribution is 0.0952. The van der Waals surface area contributed by atoms with Gasteiger partial charge in [0.15, 0.2) is 5.65 Å². The van der Waals surface area contributed by atoms with Crippen molar-refractivity contribution < 1.29 is 9.53 Å². The molecule has 1 amide bonds. The van der Waals surface area contributed by atoms with E-state index in [9.17, 15) is 4.79 Å². The highest BCUT2D eigenvalue weighted by Crippen LogP contribution is 2.31. The van der Waals surface area contributed by atoms with Crippen molar-refractivity contribution in [2.75, 3.05) is 12.4 Å². The number of aromatic nitrogens is 2. The maximum Gasteiger partial charge on any atom is 0.255 e. The van der Waals surface area contributed by atoms with Crippen LogP contribution in [0.4, 0.5) is 5.82 Å². The molecule has 2 aromatic heterocycles. The molecule has 7 heteroatoms. The maximum atomic E-state index is 13.3. The van der Waals surface area contributed by atoms with Crippen LogP contribution in [0.5, 0.6) is 5.75 Å². The highest BCUT2D eigenvalue weighted by molar-refractivity contribution is 6.00. The highest BCUT2D eigenvalue weighted by Gasteiger charge is 2.19.